The first-order valence-corrected chi connectivity index (χ1v) is 3.95. The Morgan fingerprint density at radius 2 is 2.30 bits per heavy atom. The summed E-state index contributed by atoms with van der Waals surface area (Å²) >= 11 is 0. The average molecular weight is 139 g/mol. The Morgan fingerprint density at radius 1 is 1.60 bits per heavy atom. The summed E-state index contributed by atoms with van der Waals surface area (Å²) in [5.41, 5.74) is 0. The normalized spacial score (nSPS) is 12.5. The van der Waals surface area contributed by atoms with Crippen molar-refractivity contribution in [2.45, 2.75) is 38.6 Å². The van der Waals surface area contributed by atoms with E-state index in [4.69, 9.17) is 6.42 Å². The Kier molecular flexibility index (Phi) is 6.32. The summed E-state index contributed by atoms with van der Waals surface area (Å²) in [7, 11) is 2.00. The third-order valence-electron chi connectivity index (χ3n) is 1.77. The molecule has 1 unspecified atom stereocenters. The summed E-state index contributed by atoms with van der Waals surface area (Å²) < 4.78 is 0. The quantitative estimate of drug-likeness (QED) is 0.452. The van der Waals surface area contributed by atoms with Gasteiger partial charge in [-0.2, -0.15) is 0 Å². The van der Waals surface area contributed by atoms with E-state index in [0.29, 0.717) is 6.04 Å². The van der Waals surface area contributed by atoms with Crippen LogP contribution in [0.3, 0.4) is 0 Å². The highest BCUT2D eigenvalue weighted by Crippen LogP contribution is 2.02. The van der Waals surface area contributed by atoms with Gasteiger partial charge >= 0.3 is 0 Å². The molecule has 10 heavy (non-hydrogen) atoms. The standard InChI is InChI=1S/C9H17N/c1-4-6-7-8-9(5-2)10-3/h1,9-10H,5-8H2,2-3H3. The minimum absolute atomic E-state index is 0.661. The van der Waals surface area contributed by atoms with Crippen LogP contribution in [0.1, 0.15) is 32.6 Å². The Labute approximate surface area is 64.2 Å². The molecule has 1 N–H and O–H groups in total. The molecule has 0 aliphatic rings. The van der Waals surface area contributed by atoms with Crippen molar-refractivity contribution in [2.24, 2.45) is 0 Å². The fourth-order valence-electron chi connectivity index (χ4n) is 1.00. The van der Waals surface area contributed by atoms with Crippen molar-refractivity contribution >= 4 is 0 Å². The Morgan fingerprint density at radius 3 is 2.70 bits per heavy atom. The van der Waals surface area contributed by atoms with Crippen LogP contribution in [0, 0.1) is 12.3 Å². The topological polar surface area (TPSA) is 12.0 Å². The second kappa shape index (κ2) is 6.64. The summed E-state index contributed by atoms with van der Waals surface area (Å²) in [6.07, 6.45) is 9.59. The molecule has 0 heterocycles. The van der Waals surface area contributed by atoms with E-state index in [0.717, 1.165) is 12.8 Å². The molecule has 0 saturated carbocycles. The van der Waals surface area contributed by atoms with Crippen LogP contribution in [0.5, 0.6) is 0 Å². The van der Waals surface area contributed by atoms with Crippen molar-refractivity contribution in [3.05, 3.63) is 0 Å². The molecule has 1 heteroatoms. The van der Waals surface area contributed by atoms with Gasteiger partial charge in [0.1, 0.15) is 0 Å². The summed E-state index contributed by atoms with van der Waals surface area (Å²) in [5.74, 6) is 2.64. The van der Waals surface area contributed by atoms with Crippen LogP contribution in [0.4, 0.5) is 0 Å². The SMILES string of the molecule is C#CCCCC(CC)NC. The van der Waals surface area contributed by atoms with Crippen LogP contribution in [0.2, 0.25) is 0 Å². The van der Waals surface area contributed by atoms with Gasteiger partial charge in [0.2, 0.25) is 0 Å². The van der Waals surface area contributed by atoms with E-state index in [1.54, 1.807) is 0 Å². The summed E-state index contributed by atoms with van der Waals surface area (Å²) in [6, 6.07) is 0.661. The van der Waals surface area contributed by atoms with Crippen molar-refractivity contribution < 1.29 is 0 Å². The lowest BCUT2D eigenvalue weighted by Crippen LogP contribution is -2.23. The molecule has 0 radical (unpaired) electrons. The lowest BCUT2D eigenvalue weighted by molar-refractivity contribution is 0.495. The van der Waals surface area contributed by atoms with Crippen molar-refractivity contribution in [1.82, 2.24) is 5.32 Å². The lowest BCUT2D eigenvalue weighted by Gasteiger charge is -2.11. The molecule has 0 saturated heterocycles. The molecule has 0 spiro atoms. The first-order valence-electron chi connectivity index (χ1n) is 3.95. The van der Waals surface area contributed by atoms with Gasteiger partial charge in [0.05, 0.1) is 0 Å². The van der Waals surface area contributed by atoms with Gasteiger partial charge in [-0.15, -0.1) is 12.3 Å². The van der Waals surface area contributed by atoms with E-state index in [9.17, 15) is 0 Å². The van der Waals surface area contributed by atoms with Gasteiger partial charge in [0.25, 0.3) is 0 Å². The molecule has 0 aromatic heterocycles. The fourth-order valence-corrected chi connectivity index (χ4v) is 1.00. The predicted octanol–water partition coefficient (Wildman–Crippen LogP) is 1.79. The molecule has 1 atom stereocenters. The second-order valence-electron chi connectivity index (χ2n) is 2.49. The number of hydrogen-bond acceptors (Lipinski definition) is 1. The minimum atomic E-state index is 0.661. The van der Waals surface area contributed by atoms with E-state index < -0.39 is 0 Å². The van der Waals surface area contributed by atoms with Gasteiger partial charge in [0, 0.05) is 12.5 Å². The second-order valence-corrected chi connectivity index (χ2v) is 2.49. The van der Waals surface area contributed by atoms with Gasteiger partial charge in [-0.1, -0.05) is 6.92 Å². The molecular formula is C9H17N. The van der Waals surface area contributed by atoms with Crippen LogP contribution < -0.4 is 5.32 Å². The minimum Gasteiger partial charge on any atom is -0.317 e. The number of hydrogen-bond donors (Lipinski definition) is 1. The average Bonchev–Trinajstić information content (AvgIpc) is 1.99. The number of unbranched alkanes of at least 4 members (excludes halogenated alkanes) is 1. The Bertz CT molecular complexity index is 97.8. The van der Waals surface area contributed by atoms with Gasteiger partial charge in [-0.3, -0.25) is 0 Å². The van der Waals surface area contributed by atoms with Crippen molar-refractivity contribution in [2.75, 3.05) is 7.05 Å². The molecule has 0 aromatic rings. The fraction of sp³-hybridized carbons (Fsp3) is 0.778. The maximum Gasteiger partial charge on any atom is 0.00866 e. The maximum atomic E-state index is 5.13. The van der Waals surface area contributed by atoms with Crippen molar-refractivity contribution in [3.8, 4) is 12.3 Å². The van der Waals surface area contributed by atoms with Gasteiger partial charge in [-0.25, -0.2) is 0 Å². The molecule has 0 aliphatic heterocycles. The third-order valence-corrected chi connectivity index (χ3v) is 1.77. The number of terminal acetylenes is 1. The summed E-state index contributed by atoms with van der Waals surface area (Å²) in [5, 5.41) is 3.24. The highest BCUT2D eigenvalue weighted by atomic mass is 14.9. The predicted molar refractivity (Wildman–Crippen MR) is 45.8 cm³/mol. The van der Waals surface area contributed by atoms with E-state index >= 15 is 0 Å². The highest BCUT2D eigenvalue weighted by Gasteiger charge is 1.99. The Hall–Kier alpha value is -0.480. The zero-order chi connectivity index (χ0) is 7.82. The molecule has 1 nitrogen and oxygen atoms in total. The monoisotopic (exact) mass is 139 g/mol. The van der Waals surface area contributed by atoms with Gasteiger partial charge < -0.3 is 5.32 Å². The highest BCUT2D eigenvalue weighted by molar-refractivity contribution is 4.83. The van der Waals surface area contributed by atoms with Crippen LogP contribution in [0.15, 0.2) is 0 Å². The molecule has 0 amide bonds. The number of rotatable bonds is 5. The maximum absolute atomic E-state index is 5.13. The smallest absolute Gasteiger partial charge is 0.00866 e. The van der Waals surface area contributed by atoms with Crippen LogP contribution in [-0.2, 0) is 0 Å². The van der Waals surface area contributed by atoms with E-state index in [1.807, 2.05) is 7.05 Å². The van der Waals surface area contributed by atoms with Crippen LogP contribution >= 0.6 is 0 Å². The molecule has 0 rings (SSSR count). The Balaban J connectivity index is 3.19. The largest absolute Gasteiger partial charge is 0.317 e. The molecule has 0 fully saturated rings. The van der Waals surface area contributed by atoms with E-state index in [2.05, 4.69) is 18.2 Å². The van der Waals surface area contributed by atoms with Crippen molar-refractivity contribution in [3.63, 3.8) is 0 Å². The van der Waals surface area contributed by atoms with Crippen LogP contribution in [0.25, 0.3) is 0 Å². The lowest BCUT2D eigenvalue weighted by atomic mass is 10.1. The van der Waals surface area contributed by atoms with Crippen LogP contribution in [-0.4, -0.2) is 13.1 Å². The molecular weight excluding hydrogens is 122 g/mol. The van der Waals surface area contributed by atoms with E-state index in [-0.39, 0.29) is 0 Å². The third kappa shape index (κ3) is 4.40. The van der Waals surface area contributed by atoms with Gasteiger partial charge in [0.15, 0.2) is 0 Å². The molecule has 0 bridgehead atoms. The zero-order valence-corrected chi connectivity index (χ0v) is 6.98. The number of nitrogens with one attached hydrogen (secondary N) is 1. The van der Waals surface area contributed by atoms with E-state index in [1.165, 1.54) is 12.8 Å². The first kappa shape index (κ1) is 9.52. The summed E-state index contributed by atoms with van der Waals surface area (Å²) in [4.78, 5) is 0. The molecule has 0 aromatic carbocycles. The molecule has 58 valence electrons. The van der Waals surface area contributed by atoms with Gasteiger partial charge in [-0.05, 0) is 26.3 Å². The first-order chi connectivity index (χ1) is 4.85. The summed E-state index contributed by atoms with van der Waals surface area (Å²) in [6.45, 7) is 2.19. The molecule has 0 aliphatic carbocycles. The van der Waals surface area contributed by atoms with Crippen molar-refractivity contribution in [1.29, 1.82) is 0 Å². The zero-order valence-electron chi connectivity index (χ0n) is 6.98.